The third kappa shape index (κ3) is 2.16. The zero-order valence-electron chi connectivity index (χ0n) is 10.3. The lowest BCUT2D eigenvalue weighted by Gasteiger charge is -2.23. The molecule has 2 aromatic rings. The molecule has 0 atom stereocenters. The Balaban J connectivity index is 1.91. The number of rotatable bonds is 1. The molecule has 0 bridgehead atoms. The fourth-order valence-electron chi connectivity index (χ4n) is 2.55. The second-order valence-electron chi connectivity index (χ2n) is 4.73. The van der Waals surface area contributed by atoms with E-state index in [1.54, 1.807) is 6.20 Å². The topological polar surface area (TPSA) is 42.1 Å². The van der Waals surface area contributed by atoms with Crippen LogP contribution in [0.1, 0.15) is 17.5 Å². The summed E-state index contributed by atoms with van der Waals surface area (Å²) in [7, 11) is 0. The van der Waals surface area contributed by atoms with Crippen LogP contribution in [0.2, 0.25) is 0 Å². The second-order valence-corrected chi connectivity index (χ2v) is 4.73. The number of anilines is 2. The van der Waals surface area contributed by atoms with Gasteiger partial charge in [0.1, 0.15) is 5.82 Å². The van der Waals surface area contributed by atoms with Crippen LogP contribution in [0.15, 0.2) is 42.6 Å². The van der Waals surface area contributed by atoms with Gasteiger partial charge >= 0.3 is 0 Å². The molecule has 0 aliphatic carbocycles. The van der Waals surface area contributed by atoms with Gasteiger partial charge < -0.3 is 10.6 Å². The average Bonchev–Trinajstić information content (AvgIpc) is 2.60. The monoisotopic (exact) mass is 239 g/mol. The summed E-state index contributed by atoms with van der Waals surface area (Å²) in [4.78, 5) is 6.43. The van der Waals surface area contributed by atoms with Crippen molar-refractivity contribution >= 4 is 11.5 Å². The zero-order valence-corrected chi connectivity index (χ0v) is 10.3. The van der Waals surface area contributed by atoms with Crippen molar-refractivity contribution in [3.8, 4) is 0 Å². The smallest absolute Gasteiger partial charge is 0.125 e. The first kappa shape index (κ1) is 11.1. The predicted octanol–water partition coefficient (Wildman–Crippen LogP) is 2.62. The molecule has 0 radical (unpaired) electrons. The van der Waals surface area contributed by atoms with E-state index in [1.807, 2.05) is 12.1 Å². The molecule has 3 rings (SSSR count). The molecule has 1 aliphatic heterocycles. The molecule has 18 heavy (non-hydrogen) atoms. The van der Waals surface area contributed by atoms with Crippen molar-refractivity contribution in [3.63, 3.8) is 0 Å². The molecule has 1 aromatic carbocycles. The van der Waals surface area contributed by atoms with Crippen LogP contribution < -0.4 is 10.6 Å². The molecular weight excluding hydrogens is 222 g/mol. The van der Waals surface area contributed by atoms with E-state index in [2.05, 4.69) is 34.1 Å². The number of aryl methyl sites for hydroxylation is 1. The van der Waals surface area contributed by atoms with Crippen LogP contribution in [-0.2, 0) is 13.0 Å². The highest BCUT2D eigenvalue weighted by Gasteiger charge is 2.14. The number of nitrogens with zero attached hydrogens (tertiary/aromatic N) is 2. The fraction of sp³-hybridized carbons (Fsp3) is 0.267. The van der Waals surface area contributed by atoms with Crippen LogP contribution in [0, 0.1) is 0 Å². The van der Waals surface area contributed by atoms with Crippen LogP contribution in [0.4, 0.5) is 11.5 Å². The van der Waals surface area contributed by atoms with Gasteiger partial charge in [0.15, 0.2) is 0 Å². The van der Waals surface area contributed by atoms with E-state index in [0.717, 1.165) is 19.5 Å². The molecule has 92 valence electrons. The van der Waals surface area contributed by atoms with E-state index >= 15 is 0 Å². The van der Waals surface area contributed by atoms with Gasteiger partial charge in [0.25, 0.3) is 0 Å². The molecule has 0 saturated carbocycles. The van der Waals surface area contributed by atoms with Gasteiger partial charge in [0, 0.05) is 31.0 Å². The Morgan fingerprint density at radius 1 is 1.11 bits per heavy atom. The molecule has 1 aliphatic rings. The summed E-state index contributed by atoms with van der Waals surface area (Å²) in [5.74, 6) is 0.588. The summed E-state index contributed by atoms with van der Waals surface area (Å²) in [6, 6.07) is 12.7. The van der Waals surface area contributed by atoms with Gasteiger partial charge in [-0.05, 0) is 30.0 Å². The number of aromatic nitrogens is 1. The Labute approximate surface area is 107 Å². The summed E-state index contributed by atoms with van der Waals surface area (Å²) in [5.41, 5.74) is 9.82. The van der Waals surface area contributed by atoms with Crippen molar-refractivity contribution in [1.29, 1.82) is 0 Å². The highest BCUT2D eigenvalue weighted by atomic mass is 15.1. The van der Waals surface area contributed by atoms with E-state index in [4.69, 9.17) is 5.73 Å². The standard InChI is InChI=1S/C15H17N3/c16-15-10-14(7-8-17-15)18-9-3-6-12-4-1-2-5-13(12)11-18/h1-2,4-5,7-8,10H,3,6,9,11H2,(H2,16,17). The van der Waals surface area contributed by atoms with Crippen LogP contribution in [0.5, 0.6) is 0 Å². The normalized spacial score (nSPS) is 15.0. The first-order chi connectivity index (χ1) is 8.83. The van der Waals surface area contributed by atoms with Crippen molar-refractivity contribution in [2.45, 2.75) is 19.4 Å². The minimum absolute atomic E-state index is 0.588. The molecule has 3 heteroatoms. The lowest BCUT2D eigenvalue weighted by atomic mass is 10.0. The molecule has 2 heterocycles. The van der Waals surface area contributed by atoms with E-state index in [-0.39, 0.29) is 0 Å². The van der Waals surface area contributed by atoms with Crippen LogP contribution in [-0.4, -0.2) is 11.5 Å². The number of nitrogen functional groups attached to an aromatic ring is 1. The summed E-state index contributed by atoms with van der Waals surface area (Å²) in [6.07, 6.45) is 4.12. The van der Waals surface area contributed by atoms with Gasteiger partial charge in [-0.3, -0.25) is 0 Å². The highest BCUT2D eigenvalue weighted by Crippen LogP contribution is 2.24. The van der Waals surface area contributed by atoms with Gasteiger partial charge in [-0.1, -0.05) is 24.3 Å². The largest absolute Gasteiger partial charge is 0.384 e. The van der Waals surface area contributed by atoms with Gasteiger partial charge in [0.05, 0.1) is 0 Å². The molecular formula is C15H17N3. The number of fused-ring (bicyclic) bond motifs is 1. The maximum Gasteiger partial charge on any atom is 0.125 e. The second kappa shape index (κ2) is 4.69. The molecule has 0 amide bonds. The Hall–Kier alpha value is -2.03. The van der Waals surface area contributed by atoms with Crippen LogP contribution in [0.25, 0.3) is 0 Å². The number of hydrogen-bond acceptors (Lipinski definition) is 3. The van der Waals surface area contributed by atoms with Crippen LogP contribution in [0.3, 0.4) is 0 Å². The first-order valence-electron chi connectivity index (χ1n) is 6.36. The third-order valence-corrected chi connectivity index (χ3v) is 3.48. The van der Waals surface area contributed by atoms with Crippen LogP contribution >= 0.6 is 0 Å². The molecule has 0 saturated heterocycles. The summed E-state index contributed by atoms with van der Waals surface area (Å²) in [5, 5.41) is 0. The SMILES string of the molecule is Nc1cc(N2CCCc3ccccc3C2)ccn1. The van der Waals surface area contributed by atoms with E-state index in [9.17, 15) is 0 Å². The third-order valence-electron chi connectivity index (χ3n) is 3.48. The van der Waals surface area contributed by atoms with Gasteiger partial charge in [-0.15, -0.1) is 0 Å². The van der Waals surface area contributed by atoms with Crippen molar-refractivity contribution in [1.82, 2.24) is 4.98 Å². The van der Waals surface area contributed by atoms with Gasteiger partial charge in [-0.2, -0.15) is 0 Å². The van der Waals surface area contributed by atoms with Crippen molar-refractivity contribution in [2.75, 3.05) is 17.2 Å². The van der Waals surface area contributed by atoms with Gasteiger partial charge in [0.2, 0.25) is 0 Å². The van der Waals surface area contributed by atoms with E-state index in [0.29, 0.717) is 5.82 Å². The predicted molar refractivity (Wildman–Crippen MR) is 74.5 cm³/mol. The maximum atomic E-state index is 5.76. The minimum Gasteiger partial charge on any atom is -0.384 e. The molecule has 1 aromatic heterocycles. The average molecular weight is 239 g/mol. The minimum atomic E-state index is 0.588. The molecule has 0 unspecified atom stereocenters. The van der Waals surface area contributed by atoms with E-state index in [1.165, 1.54) is 23.2 Å². The first-order valence-corrected chi connectivity index (χ1v) is 6.36. The number of benzene rings is 1. The zero-order chi connectivity index (χ0) is 12.4. The molecule has 3 nitrogen and oxygen atoms in total. The Morgan fingerprint density at radius 3 is 2.78 bits per heavy atom. The lowest BCUT2D eigenvalue weighted by Crippen LogP contribution is -2.22. The van der Waals surface area contributed by atoms with E-state index < -0.39 is 0 Å². The number of pyridine rings is 1. The Morgan fingerprint density at radius 2 is 1.94 bits per heavy atom. The van der Waals surface area contributed by atoms with Crippen molar-refractivity contribution in [3.05, 3.63) is 53.7 Å². The lowest BCUT2D eigenvalue weighted by molar-refractivity contribution is 0.765. The summed E-state index contributed by atoms with van der Waals surface area (Å²) in [6.45, 7) is 2.03. The molecule has 0 fully saturated rings. The quantitative estimate of drug-likeness (QED) is 0.831. The van der Waals surface area contributed by atoms with Crippen molar-refractivity contribution in [2.24, 2.45) is 0 Å². The Bertz CT molecular complexity index is 551. The Kier molecular flexibility index (Phi) is 2.89. The molecule has 0 spiro atoms. The summed E-state index contributed by atoms with van der Waals surface area (Å²) < 4.78 is 0. The van der Waals surface area contributed by atoms with Crippen molar-refractivity contribution < 1.29 is 0 Å². The van der Waals surface area contributed by atoms with Gasteiger partial charge in [-0.25, -0.2) is 4.98 Å². The molecule has 2 N–H and O–H groups in total. The number of hydrogen-bond donors (Lipinski definition) is 1. The summed E-state index contributed by atoms with van der Waals surface area (Å²) >= 11 is 0. The number of nitrogens with two attached hydrogens (primary N) is 1. The highest BCUT2D eigenvalue weighted by molar-refractivity contribution is 5.53. The maximum absolute atomic E-state index is 5.76. The fourth-order valence-corrected chi connectivity index (χ4v) is 2.55.